The van der Waals surface area contributed by atoms with E-state index < -0.39 is 0 Å². The maximum atomic E-state index is 6.02. The summed E-state index contributed by atoms with van der Waals surface area (Å²) < 4.78 is 5.27. The molecular weight excluding hydrogens is 270 g/mol. The number of aryl methyl sites for hydroxylation is 1. The molecule has 2 aromatic carbocycles. The van der Waals surface area contributed by atoms with Crippen LogP contribution in [0.4, 0.5) is 0 Å². The molecule has 0 heterocycles. The maximum Gasteiger partial charge on any atom is 0.121 e. The van der Waals surface area contributed by atoms with Crippen molar-refractivity contribution in [2.75, 3.05) is 7.11 Å². The van der Waals surface area contributed by atoms with Gasteiger partial charge in [0, 0.05) is 17.6 Å². The Hall–Kier alpha value is -1.51. The molecule has 2 nitrogen and oxygen atoms in total. The molecule has 0 aliphatic carbocycles. The number of benzene rings is 2. The minimum Gasteiger partial charge on any atom is -0.496 e. The number of nitrogens with one attached hydrogen (secondary N) is 1. The summed E-state index contributed by atoms with van der Waals surface area (Å²) in [5.41, 5.74) is 3.60. The van der Waals surface area contributed by atoms with Gasteiger partial charge in [0.25, 0.3) is 0 Å². The Morgan fingerprint density at radius 1 is 1.20 bits per heavy atom. The minimum absolute atomic E-state index is 0.260. The van der Waals surface area contributed by atoms with Gasteiger partial charge >= 0.3 is 0 Å². The largest absolute Gasteiger partial charge is 0.496 e. The molecule has 0 unspecified atom stereocenters. The van der Waals surface area contributed by atoms with Crippen molar-refractivity contribution in [1.29, 1.82) is 0 Å². The first-order valence-corrected chi connectivity index (χ1v) is 7.10. The summed E-state index contributed by atoms with van der Waals surface area (Å²) in [6.45, 7) is 5.02. The van der Waals surface area contributed by atoms with Gasteiger partial charge in [-0.05, 0) is 48.7 Å². The minimum atomic E-state index is 0.260. The first kappa shape index (κ1) is 14.9. The Labute approximate surface area is 125 Å². The normalized spacial score (nSPS) is 12.2. The second kappa shape index (κ2) is 6.78. The molecule has 0 aromatic heterocycles. The molecule has 0 saturated heterocycles. The van der Waals surface area contributed by atoms with Crippen LogP contribution < -0.4 is 10.1 Å². The molecule has 0 bridgehead atoms. The van der Waals surface area contributed by atoms with Crippen molar-refractivity contribution in [2.24, 2.45) is 0 Å². The summed E-state index contributed by atoms with van der Waals surface area (Å²) in [5.74, 6) is 0.927. The van der Waals surface area contributed by atoms with Crippen LogP contribution in [0.25, 0.3) is 0 Å². The van der Waals surface area contributed by atoms with Gasteiger partial charge in [-0.2, -0.15) is 0 Å². The topological polar surface area (TPSA) is 21.3 Å². The quantitative estimate of drug-likeness (QED) is 0.874. The lowest BCUT2D eigenvalue weighted by Gasteiger charge is -2.15. The zero-order valence-corrected chi connectivity index (χ0v) is 12.9. The number of methoxy groups -OCH3 is 1. The molecule has 106 valence electrons. The first-order chi connectivity index (χ1) is 9.60. The third-order valence-electron chi connectivity index (χ3n) is 3.42. The fraction of sp³-hybridized carbons (Fsp3) is 0.294. The van der Waals surface area contributed by atoms with E-state index in [0.29, 0.717) is 0 Å². The average Bonchev–Trinajstić information content (AvgIpc) is 2.45. The molecular formula is C17H20ClNO. The Kier molecular flexibility index (Phi) is 5.05. The van der Waals surface area contributed by atoms with Crippen LogP contribution in [-0.4, -0.2) is 7.11 Å². The lowest BCUT2D eigenvalue weighted by atomic mass is 10.1. The molecule has 2 aromatic rings. The van der Waals surface area contributed by atoms with Crippen LogP contribution in [0.15, 0.2) is 42.5 Å². The van der Waals surface area contributed by atoms with E-state index in [0.717, 1.165) is 22.9 Å². The Balaban J connectivity index is 1.99. The monoisotopic (exact) mass is 289 g/mol. The van der Waals surface area contributed by atoms with E-state index in [1.807, 2.05) is 24.3 Å². The predicted molar refractivity (Wildman–Crippen MR) is 84.4 cm³/mol. The Bertz CT molecular complexity index is 583. The lowest BCUT2D eigenvalue weighted by Crippen LogP contribution is -2.18. The van der Waals surface area contributed by atoms with Crippen LogP contribution in [0.1, 0.15) is 29.7 Å². The molecule has 0 fully saturated rings. The van der Waals surface area contributed by atoms with Gasteiger partial charge in [0.1, 0.15) is 5.75 Å². The third kappa shape index (κ3) is 3.75. The highest BCUT2D eigenvalue weighted by Gasteiger charge is 2.06. The summed E-state index contributed by atoms with van der Waals surface area (Å²) >= 11 is 6.02. The number of hydrogen-bond donors (Lipinski definition) is 1. The lowest BCUT2D eigenvalue weighted by molar-refractivity contribution is 0.411. The van der Waals surface area contributed by atoms with Crippen LogP contribution >= 0.6 is 11.6 Å². The van der Waals surface area contributed by atoms with Gasteiger partial charge in [-0.3, -0.25) is 0 Å². The summed E-state index contributed by atoms with van der Waals surface area (Å²) in [4.78, 5) is 0. The molecule has 0 aliphatic heterocycles. The van der Waals surface area contributed by atoms with Gasteiger partial charge in [-0.25, -0.2) is 0 Å². The van der Waals surface area contributed by atoms with Gasteiger partial charge in [-0.15, -0.1) is 0 Å². The van der Waals surface area contributed by atoms with E-state index in [-0.39, 0.29) is 6.04 Å². The van der Waals surface area contributed by atoms with Gasteiger partial charge in [0.05, 0.1) is 7.11 Å². The number of rotatable bonds is 5. The third-order valence-corrected chi connectivity index (χ3v) is 3.66. The van der Waals surface area contributed by atoms with Crippen LogP contribution in [0.5, 0.6) is 5.75 Å². The van der Waals surface area contributed by atoms with Crippen molar-refractivity contribution < 1.29 is 4.74 Å². The highest BCUT2D eigenvalue weighted by atomic mass is 35.5. The fourth-order valence-corrected chi connectivity index (χ4v) is 2.41. The smallest absolute Gasteiger partial charge is 0.121 e. The van der Waals surface area contributed by atoms with E-state index in [1.54, 1.807) is 7.11 Å². The number of ether oxygens (including phenoxy) is 1. The standard InChI is InChI=1S/C17H20ClNO/c1-12-9-14(7-8-17(12)20-3)11-19-13(2)15-5-4-6-16(18)10-15/h4-10,13,19H,11H2,1-3H3/t13-/m0/s1. The van der Waals surface area contributed by atoms with E-state index in [9.17, 15) is 0 Å². The van der Waals surface area contributed by atoms with Crippen molar-refractivity contribution in [2.45, 2.75) is 26.4 Å². The number of halogens is 1. The van der Waals surface area contributed by atoms with E-state index in [2.05, 4.69) is 37.4 Å². The molecule has 0 spiro atoms. The van der Waals surface area contributed by atoms with Gasteiger partial charge < -0.3 is 10.1 Å². The zero-order valence-electron chi connectivity index (χ0n) is 12.1. The molecule has 0 saturated carbocycles. The van der Waals surface area contributed by atoms with Crippen molar-refractivity contribution in [1.82, 2.24) is 5.32 Å². The average molecular weight is 290 g/mol. The van der Waals surface area contributed by atoms with Gasteiger partial charge in [0.2, 0.25) is 0 Å². The second-order valence-corrected chi connectivity index (χ2v) is 5.40. The second-order valence-electron chi connectivity index (χ2n) is 4.96. The van der Waals surface area contributed by atoms with Crippen molar-refractivity contribution in [3.63, 3.8) is 0 Å². The molecule has 2 rings (SSSR count). The SMILES string of the molecule is COc1ccc(CN[C@@H](C)c2cccc(Cl)c2)cc1C. The Morgan fingerprint density at radius 3 is 2.65 bits per heavy atom. The molecule has 3 heteroatoms. The van der Waals surface area contributed by atoms with Crippen LogP contribution in [-0.2, 0) is 6.54 Å². The summed E-state index contributed by atoms with van der Waals surface area (Å²) in [6, 6.07) is 14.5. The number of hydrogen-bond acceptors (Lipinski definition) is 2. The fourth-order valence-electron chi connectivity index (χ4n) is 2.22. The van der Waals surface area contributed by atoms with Crippen LogP contribution in [0.3, 0.4) is 0 Å². The highest BCUT2D eigenvalue weighted by Crippen LogP contribution is 2.20. The van der Waals surface area contributed by atoms with Gasteiger partial charge in [-0.1, -0.05) is 35.9 Å². The molecule has 1 atom stereocenters. The Morgan fingerprint density at radius 2 is 2.00 bits per heavy atom. The zero-order chi connectivity index (χ0) is 14.5. The molecule has 1 N–H and O–H groups in total. The van der Waals surface area contributed by atoms with E-state index in [1.165, 1.54) is 11.1 Å². The summed E-state index contributed by atoms with van der Waals surface area (Å²) in [7, 11) is 1.70. The van der Waals surface area contributed by atoms with E-state index >= 15 is 0 Å². The molecule has 20 heavy (non-hydrogen) atoms. The van der Waals surface area contributed by atoms with Crippen molar-refractivity contribution in [3.05, 3.63) is 64.2 Å². The van der Waals surface area contributed by atoms with Crippen molar-refractivity contribution in [3.8, 4) is 5.75 Å². The van der Waals surface area contributed by atoms with E-state index in [4.69, 9.17) is 16.3 Å². The maximum absolute atomic E-state index is 6.02. The molecule has 0 radical (unpaired) electrons. The van der Waals surface area contributed by atoms with Crippen molar-refractivity contribution >= 4 is 11.6 Å². The highest BCUT2D eigenvalue weighted by molar-refractivity contribution is 6.30. The predicted octanol–water partition coefficient (Wildman–Crippen LogP) is 4.51. The van der Waals surface area contributed by atoms with Gasteiger partial charge in [0.15, 0.2) is 0 Å². The van der Waals surface area contributed by atoms with Crippen LogP contribution in [0, 0.1) is 6.92 Å². The molecule has 0 aliphatic rings. The summed E-state index contributed by atoms with van der Waals surface area (Å²) in [6.07, 6.45) is 0. The van der Waals surface area contributed by atoms with Crippen LogP contribution in [0.2, 0.25) is 5.02 Å². The molecule has 0 amide bonds. The first-order valence-electron chi connectivity index (χ1n) is 6.72. The summed E-state index contributed by atoms with van der Waals surface area (Å²) in [5, 5.41) is 4.28.